The highest BCUT2D eigenvalue weighted by Gasteiger charge is 2.18. The van der Waals surface area contributed by atoms with Gasteiger partial charge in [0.25, 0.3) is 5.91 Å². The van der Waals surface area contributed by atoms with Crippen LogP contribution in [0.15, 0.2) is 108 Å². The molecular formula is C36H35N3O4. The van der Waals surface area contributed by atoms with E-state index in [-0.39, 0.29) is 18.3 Å². The molecule has 0 aliphatic rings. The molecule has 0 spiro atoms. The maximum absolute atomic E-state index is 13.7. The van der Waals surface area contributed by atoms with Gasteiger partial charge in [-0.05, 0) is 67.8 Å². The molecule has 0 aliphatic carbocycles. The lowest BCUT2D eigenvalue weighted by Crippen LogP contribution is -2.30. The number of likely N-dealkylation sites (N-methyl/N-ethyl adjacent to an activating group) is 1. The number of esters is 1. The number of hydrogen-bond acceptors (Lipinski definition) is 5. The lowest BCUT2D eigenvalue weighted by molar-refractivity contribution is -0.128. The van der Waals surface area contributed by atoms with E-state index in [0.717, 1.165) is 34.0 Å². The van der Waals surface area contributed by atoms with Crippen molar-refractivity contribution in [3.05, 3.63) is 120 Å². The highest BCUT2D eigenvalue weighted by molar-refractivity contribution is 6.09. The molecule has 0 saturated heterocycles. The van der Waals surface area contributed by atoms with Gasteiger partial charge in [0, 0.05) is 41.9 Å². The van der Waals surface area contributed by atoms with Gasteiger partial charge in [0.2, 0.25) is 0 Å². The molecule has 1 amide bonds. The second kappa shape index (κ2) is 13.7. The first kappa shape index (κ1) is 29.3. The number of benzene rings is 4. The zero-order chi connectivity index (χ0) is 30.2. The minimum absolute atomic E-state index is 0.117. The molecule has 0 bridgehead atoms. The minimum atomic E-state index is -0.470. The molecule has 0 unspecified atom stereocenters. The van der Waals surface area contributed by atoms with E-state index in [1.54, 1.807) is 49.2 Å². The van der Waals surface area contributed by atoms with Crippen LogP contribution in [-0.4, -0.2) is 47.9 Å². The molecule has 4 aromatic carbocycles. The van der Waals surface area contributed by atoms with E-state index in [2.05, 4.69) is 40.7 Å². The summed E-state index contributed by atoms with van der Waals surface area (Å²) in [5, 5.41) is 2.26. The first-order chi connectivity index (χ1) is 21.0. The van der Waals surface area contributed by atoms with E-state index in [4.69, 9.17) is 9.47 Å². The molecule has 1 aromatic heterocycles. The summed E-state index contributed by atoms with van der Waals surface area (Å²) in [5.41, 5.74) is 4.97. The van der Waals surface area contributed by atoms with Gasteiger partial charge in [-0.3, -0.25) is 4.79 Å². The second-order valence-electron chi connectivity index (χ2n) is 10.1. The van der Waals surface area contributed by atoms with Crippen molar-refractivity contribution in [2.45, 2.75) is 26.8 Å². The van der Waals surface area contributed by atoms with Gasteiger partial charge in [-0.25, -0.2) is 9.79 Å². The normalized spacial score (nSPS) is 11.7. The van der Waals surface area contributed by atoms with E-state index < -0.39 is 5.97 Å². The Labute approximate surface area is 251 Å². The minimum Gasteiger partial charge on any atom is -0.462 e. The zero-order valence-electron chi connectivity index (χ0n) is 24.7. The number of rotatable bonds is 11. The first-order valence-electron chi connectivity index (χ1n) is 14.5. The molecule has 5 aromatic rings. The summed E-state index contributed by atoms with van der Waals surface area (Å²) < 4.78 is 13.4. The van der Waals surface area contributed by atoms with Gasteiger partial charge < -0.3 is 18.9 Å². The highest BCUT2D eigenvalue weighted by Crippen LogP contribution is 2.30. The van der Waals surface area contributed by atoms with Gasteiger partial charge in [-0.1, -0.05) is 66.7 Å². The third kappa shape index (κ3) is 6.67. The van der Waals surface area contributed by atoms with E-state index in [0.29, 0.717) is 24.2 Å². The standard InChI is InChI=1S/C36H35N3O4/c1-4-39-32-18-12-10-15-28(32)30-23-27(19-20-33(30)39)24-34(35(40)38(3)22-21-26-13-7-6-8-14-26)43-25-37-31-17-11-9-16-29(31)36(41)42-5-2/h6-20,23-25H,4-5,21-22H2,1-3H3/b34-24+,37-25?. The number of aryl methyl sites for hydroxylation is 1. The summed E-state index contributed by atoms with van der Waals surface area (Å²) in [6, 6.07) is 31.4. The Hall–Kier alpha value is -5.17. The van der Waals surface area contributed by atoms with Crippen molar-refractivity contribution in [3.8, 4) is 0 Å². The largest absolute Gasteiger partial charge is 0.462 e. The monoisotopic (exact) mass is 573 g/mol. The number of carbonyl (C=O) groups excluding carboxylic acids is 2. The Balaban J connectivity index is 1.47. The molecule has 218 valence electrons. The Morgan fingerprint density at radius 3 is 2.37 bits per heavy atom. The maximum atomic E-state index is 13.7. The van der Waals surface area contributed by atoms with E-state index in [1.165, 1.54) is 11.9 Å². The molecule has 0 atom stereocenters. The molecule has 0 fully saturated rings. The molecular weight excluding hydrogens is 538 g/mol. The van der Waals surface area contributed by atoms with Gasteiger partial charge in [0.15, 0.2) is 12.2 Å². The van der Waals surface area contributed by atoms with Gasteiger partial charge in [0.1, 0.15) is 0 Å². The molecule has 1 heterocycles. The smallest absolute Gasteiger partial charge is 0.340 e. The SMILES string of the molecule is CCOC(=O)c1ccccc1N=CO/C(=C/c1ccc2c(c1)c1ccccc1n2CC)C(=O)N(C)CCc1ccccc1. The fourth-order valence-electron chi connectivity index (χ4n) is 5.14. The maximum Gasteiger partial charge on any atom is 0.340 e. The summed E-state index contributed by atoms with van der Waals surface area (Å²) in [6.07, 6.45) is 3.65. The van der Waals surface area contributed by atoms with Crippen molar-refractivity contribution in [3.63, 3.8) is 0 Å². The summed E-state index contributed by atoms with van der Waals surface area (Å²) in [5.74, 6) is -0.633. The predicted octanol–water partition coefficient (Wildman–Crippen LogP) is 7.41. The topological polar surface area (TPSA) is 73.1 Å². The number of nitrogens with zero attached hydrogens (tertiary/aromatic N) is 3. The van der Waals surface area contributed by atoms with Crippen LogP contribution < -0.4 is 0 Å². The average Bonchev–Trinajstić information content (AvgIpc) is 3.36. The zero-order valence-corrected chi connectivity index (χ0v) is 24.7. The lowest BCUT2D eigenvalue weighted by atomic mass is 10.1. The number of carbonyl (C=O) groups is 2. The van der Waals surface area contributed by atoms with Crippen LogP contribution in [0.25, 0.3) is 27.9 Å². The summed E-state index contributed by atoms with van der Waals surface area (Å²) in [7, 11) is 1.76. The number of fused-ring (bicyclic) bond motifs is 3. The predicted molar refractivity (Wildman–Crippen MR) is 173 cm³/mol. The van der Waals surface area contributed by atoms with Crippen LogP contribution in [0.3, 0.4) is 0 Å². The summed E-state index contributed by atoms with van der Waals surface area (Å²) >= 11 is 0. The van der Waals surface area contributed by atoms with Crippen molar-refractivity contribution < 1.29 is 19.1 Å². The molecule has 7 nitrogen and oxygen atoms in total. The van der Waals surface area contributed by atoms with E-state index in [1.807, 2.05) is 48.5 Å². The van der Waals surface area contributed by atoms with Gasteiger partial charge in [0.05, 0.1) is 17.9 Å². The van der Waals surface area contributed by atoms with Crippen molar-refractivity contribution in [1.82, 2.24) is 9.47 Å². The van der Waals surface area contributed by atoms with Crippen LogP contribution in [-0.2, 0) is 27.2 Å². The first-order valence-corrected chi connectivity index (χ1v) is 14.5. The lowest BCUT2D eigenvalue weighted by Gasteiger charge is -2.18. The number of ether oxygens (including phenoxy) is 2. The van der Waals surface area contributed by atoms with Crippen LogP contribution in [0.4, 0.5) is 5.69 Å². The number of amides is 1. The Kier molecular flexibility index (Phi) is 9.32. The summed E-state index contributed by atoms with van der Waals surface area (Å²) in [4.78, 5) is 32.1. The quantitative estimate of drug-likeness (QED) is 0.0542. The Bertz CT molecular complexity index is 1800. The van der Waals surface area contributed by atoms with Crippen LogP contribution in [0.2, 0.25) is 0 Å². The van der Waals surface area contributed by atoms with Crippen molar-refractivity contribution in [2.24, 2.45) is 4.99 Å². The fraction of sp³-hybridized carbons (Fsp3) is 0.194. The second-order valence-corrected chi connectivity index (χ2v) is 10.1. The van der Waals surface area contributed by atoms with Gasteiger partial charge >= 0.3 is 5.97 Å². The molecule has 7 heteroatoms. The number of aromatic nitrogens is 1. The molecule has 0 N–H and O–H groups in total. The molecule has 0 radical (unpaired) electrons. The average molecular weight is 574 g/mol. The van der Waals surface area contributed by atoms with E-state index >= 15 is 0 Å². The number of para-hydroxylation sites is 2. The van der Waals surface area contributed by atoms with E-state index in [9.17, 15) is 9.59 Å². The van der Waals surface area contributed by atoms with Crippen LogP contribution in [0.1, 0.15) is 35.3 Å². The van der Waals surface area contributed by atoms with Crippen molar-refractivity contribution in [2.75, 3.05) is 20.2 Å². The third-order valence-electron chi connectivity index (χ3n) is 7.32. The summed E-state index contributed by atoms with van der Waals surface area (Å²) in [6.45, 7) is 5.50. The number of hydrogen-bond donors (Lipinski definition) is 0. The van der Waals surface area contributed by atoms with Crippen LogP contribution in [0, 0.1) is 0 Å². The Morgan fingerprint density at radius 2 is 1.58 bits per heavy atom. The van der Waals surface area contributed by atoms with Crippen molar-refractivity contribution in [1.29, 1.82) is 0 Å². The molecule has 0 aliphatic heterocycles. The number of aliphatic imine (C=N–C) groups is 1. The van der Waals surface area contributed by atoms with Gasteiger partial charge in [-0.15, -0.1) is 0 Å². The van der Waals surface area contributed by atoms with Crippen molar-refractivity contribution >= 4 is 51.8 Å². The van der Waals surface area contributed by atoms with Gasteiger partial charge in [-0.2, -0.15) is 0 Å². The van der Waals surface area contributed by atoms with Crippen LogP contribution >= 0.6 is 0 Å². The Morgan fingerprint density at radius 1 is 0.860 bits per heavy atom. The fourth-order valence-corrected chi connectivity index (χ4v) is 5.14. The van der Waals surface area contributed by atoms with Crippen LogP contribution in [0.5, 0.6) is 0 Å². The molecule has 43 heavy (non-hydrogen) atoms. The highest BCUT2D eigenvalue weighted by atomic mass is 16.5. The third-order valence-corrected chi connectivity index (χ3v) is 7.32. The molecule has 5 rings (SSSR count). The molecule has 0 saturated carbocycles.